The number of hydrogen-bond acceptors (Lipinski definition) is 8. The molecule has 2 heterocycles. The minimum Gasteiger partial charge on any atom is -0.560 e. The third-order valence-corrected chi connectivity index (χ3v) is 6.11. The number of aliphatic imine (C=N–C) groups is 1. The standard InChI is InChI=1S/C24H32BN3O6S/c1-16(2)12-20-23(30)28-21(24(31)32-3)14-35-11-5-4-10-33-18-8-6-17(7-9-18)13-19(22(29)27-20)26-15-34-25/h4-9,15-16,19-21H,10-14H2,1-3H3,(H,27,29)(H,28,30)/t19-,20-,21-/m0/s1. The average molecular weight is 501 g/mol. The summed E-state index contributed by atoms with van der Waals surface area (Å²) in [4.78, 5) is 42.7. The van der Waals surface area contributed by atoms with Gasteiger partial charge in [0.25, 0.3) is 0 Å². The minimum atomic E-state index is -0.884. The third kappa shape index (κ3) is 10.1. The second-order valence-corrected chi connectivity index (χ2v) is 9.42. The number of rotatable bonds is 5. The highest BCUT2D eigenvalue weighted by Crippen LogP contribution is 2.16. The van der Waals surface area contributed by atoms with Crippen LogP contribution in [-0.2, 0) is 30.2 Å². The quantitative estimate of drug-likeness (QED) is 0.207. The van der Waals surface area contributed by atoms with Crippen molar-refractivity contribution >= 4 is 44.0 Å². The van der Waals surface area contributed by atoms with Gasteiger partial charge in [-0.3, -0.25) is 9.59 Å². The molecule has 2 aliphatic heterocycles. The van der Waals surface area contributed by atoms with Crippen molar-refractivity contribution in [3.05, 3.63) is 42.0 Å². The van der Waals surface area contributed by atoms with Crippen molar-refractivity contribution in [1.29, 1.82) is 0 Å². The topological polar surface area (TPSA) is 115 Å². The Bertz CT molecular complexity index is 894. The minimum absolute atomic E-state index is 0.102. The van der Waals surface area contributed by atoms with Crippen LogP contribution in [0.15, 0.2) is 41.4 Å². The van der Waals surface area contributed by atoms with Crippen molar-refractivity contribution in [3.63, 3.8) is 0 Å². The second-order valence-electron chi connectivity index (χ2n) is 8.35. The number of carbonyl (C=O) groups excluding carboxylic acids is 3. The van der Waals surface area contributed by atoms with Crippen LogP contribution in [0.25, 0.3) is 0 Å². The van der Waals surface area contributed by atoms with E-state index >= 15 is 0 Å². The van der Waals surface area contributed by atoms with Gasteiger partial charge in [-0.25, -0.2) is 9.79 Å². The molecule has 2 radical (unpaired) electrons. The van der Waals surface area contributed by atoms with Gasteiger partial charge in [0.05, 0.1) is 7.11 Å². The Labute approximate surface area is 211 Å². The predicted octanol–water partition coefficient (Wildman–Crippen LogP) is 1.60. The van der Waals surface area contributed by atoms with E-state index in [4.69, 9.17) is 17.5 Å². The fourth-order valence-corrected chi connectivity index (χ4v) is 4.22. The van der Waals surface area contributed by atoms with Gasteiger partial charge in [0.15, 0.2) is 6.40 Å². The summed E-state index contributed by atoms with van der Waals surface area (Å²) in [6, 6.07) is 4.73. The number of fused-ring (bicyclic) bond motifs is 15. The molecule has 0 spiro atoms. The average Bonchev–Trinajstić information content (AvgIpc) is 2.84. The van der Waals surface area contributed by atoms with E-state index in [1.54, 1.807) is 0 Å². The zero-order valence-electron chi connectivity index (χ0n) is 20.3. The molecule has 0 saturated heterocycles. The van der Waals surface area contributed by atoms with E-state index < -0.39 is 35.9 Å². The van der Waals surface area contributed by atoms with E-state index in [2.05, 4.69) is 20.3 Å². The van der Waals surface area contributed by atoms with Gasteiger partial charge in [0, 0.05) is 17.9 Å². The van der Waals surface area contributed by atoms with E-state index in [9.17, 15) is 14.4 Å². The zero-order chi connectivity index (χ0) is 25.6. The van der Waals surface area contributed by atoms with Gasteiger partial charge in [0.1, 0.15) is 30.5 Å². The number of methoxy groups -OCH3 is 1. The maximum absolute atomic E-state index is 13.1. The van der Waals surface area contributed by atoms with Crippen LogP contribution in [0.4, 0.5) is 0 Å². The Balaban J connectivity index is 2.33. The molecular formula is C24H32BN3O6S. The largest absolute Gasteiger partial charge is 0.560 e. The zero-order valence-corrected chi connectivity index (χ0v) is 21.1. The Hall–Kier alpha value is -2.95. The highest BCUT2D eigenvalue weighted by atomic mass is 32.2. The molecule has 2 amide bonds. The number of benzene rings is 1. The Morgan fingerprint density at radius 2 is 1.97 bits per heavy atom. The first-order chi connectivity index (χ1) is 16.8. The van der Waals surface area contributed by atoms with Gasteiger partial charge in [-0.05, 0) is 30.0 Å². The van der Waals surface area contributed by atoms with Crippen LogP contribution in [0, 0.1) is 5.92 Å². The Morgan fingerprint density at radius 3 is 2.63 bits per heavy atom. The summed E-state index contributed by atoms with van der Waals surface area (Å²) in [5.41, 5.74) is 0.840. The van der Waals surface area contributed by atoms with E-state index in [0.29, 0.717) is 30.3 Å². The van der Waals surface area contributed by atoms with Gasteiger partial charge in [-0.1, -0.05) is 38.1 Å². The molecule has 1 aromatic rings. The number of nitrogens with one attached hydrogen (secondary N) is 2. The molecule has 188 valence electrons. The van der Waals surface area contributed by atoms with Crippen LogP contribution in [0.2, 0.25) is 0 Å². The number of nitrogens with zero attached hydrogens (tertiary/aromatic N) is 1. The maximum Gasteiger partial charge on any atom is 0.375 e. The highest BCUT2D eigenvalue weighted by Gasteiger charge is 2.30. The molecule has 0 unspecified atom stereocenters. The van der Waals surface area contributed by atoms with Gasteiger partial charge in [0.2, 0.25) is 11.8 Å². The van der Waals surface area contributed by atoms with Crippen molar-refractivity contribution in [1.82, 2.24) is 10.6 Å². The van der Waals surface area contributed by atoms with E-state index in [0.717, 1.165) is 12.0 Å². The number of carbonyl (C=O) groups is 3. The smallest absolute Gasteiger partial charge is 0.375 e. The first-order valence-corrected chi connectivity index (χ1v) is 12.5. The van der Waals surface area contributed by atoms with Crippen molar-refractivity contribution in [2.75, 3.05) is 25.2 Å². The van der Waals surface area contributed by atoms with Crippen LogP contribution in [-0.4, -0.2) is 75.6 Å². The summed E-state index contributed by atoms with van der Waals surface area (Å²) in [6.45, 7) is 4.27. The van der Waals surface area contributed by atoms with Crippen LogP contribution in [0.5, 0.6) is 5.75 Å². The van der Waals surface area contributed by atoms with E-state index in [-0.39, 0.29) is 12.3 Å². The first kappa shape index (κ1) is 28.3. The number of thioether (sulfide) groups is 1. The molecule has 0 aliphatic carbocycles. The van der Waals surface area contributed by atoms with E-state index in [1.165, 1.54) is 18.9 Å². The van der Waals surface area contributed by atoms with Crippen molar-refractivity contribution in [2.45, 2.75) is 44.8 Å². The molecule has 9 nitrogen and oxygen atoms in total. The van der Waals surface area contributed by atoms with E-state index in [1.807, 2.05) is 50.3 Å². The van der Waals surface area contributed by atoms with Gasteiger partial charge < -0.3 is 24.8 Å². The van der Waals surface area contributed by atoms with Crippen LogP contribution in [0.3, 0.4) is 0 Å². The fraction of sp³-hybridized carbons (Fsp3) is 0.500. The molecule has 0 saturated carbocycles. The lowest BCUT2D eigenvalue weighted by Gasteiger charge is -2.24. The molecule has 2 aliphatic rings. The molecule has 11 heteroatoms. The monoisotopic (exact) mass is 501 g/mol. The number of amides is 2. The van der Waals surface area contributed by atoms with Gasteiger partial charge in [-0.15, -0.1) is 0 Å². The molecule has 0 aromatic heterocycles. The van der Waals surface area contributed by atoms with Crippen LogP contribution >= 0.6 is 11.8 Å². The SMILES string of the molecule is [B]OC=N[C@H]1Cc2ccc(cc2)OCC=CCSC[C@@H](C(=O)OC)NC(=O)[C@H](CC(C)C)NC1=O. The summed E-state index contributed by atoms with van der Waals surface area (Å²) in [5.74, 6) is 0.247. The fourth-order valence-electron chi connectivity index (χ4n) is 3.36. The summed E-state index contributed by atoms with van der Waals surface area (Å²) in [5, 5.41) is 5.51. The van der Waals surface area contributed by atoms with Crippen molar-refractivity contribution in [2.24, 2.45) is 10.9 Å². The molecule has 3 rings (SSSR count). The van der Waals surface area contributed by atoms with Gasteiger partial charge in [-0.2, -0.15) is 11.8 Å². The van der Waals surface area contributed by atoms with Crippen molar-refractivity contribution in [3.8, 4) is 5.75 Å². The number of hydrogen-bond donors (Lipinski definition) is 2. The third-order valence-electron chi connectivity index (χ3n) is 5.11. The Morgan fingerprint density at radius 1 is 1.23 bits per heavy atom. The maximum atomic E-state index is 13.1. The Kier molecular flexibility index (Phi) is 12.2. The molecular weight excluding hydrogens is 469 g/mol. The summed E-state index contributed by atoms with van der Waals surface area (Å²) in [7, 11) is 6.34. The lowest BCUT2D eigenvalue weighted by Crippen LogP contribution is -2.54. The van der Waals surface area contributed by atoms with Crippen molar-refractivity contribution < 1.29 is 28.5 Å². The van der Waals surface area contributed by atoms with Crippen LogP contribution < -0.4 is 15.4 Å². The lowest BCUT2D eigenvalue weighted by atomic mass is 10.0. The number of esters is 1. The lowest BCUT2D eigenvalue weighted by molar-refractivity contribution is -0.144. The number of ether oxygens (including phenoxy) is 2. The molecule has 1 aromatic carbocycles. The predicted molar refractivity (Wildman–Crippen MR) is 137 cm³/mol. The summed E-state index contributed by atoms with van der Waals surface area (Å²) < 4.78 is 15.0. The summed E-state index contributed by atoms with van der Waals surface area (Å²) in [6.07, 6.45) is 5.44. The molecule has 3 atom stereocenters. The summed E-state index contributed by atoms with van der Waals surface area (Å²) >= 11 is 1.47. The molecule has 2 N–H and O–H groups in total. The first-order valence-electron chi connectivity index (χ1n) is 11.3. The molecule has 35 heavy (non-hydrogen) atoms. The van der Waals surface area contributed by atoms with Crippen LogP contribution in [0.1, 0.15) is 25.8 Å². The second kappa shape index (κ2) is 15.1. The normalized spacial score (nSPS) is 22.5. The molecule has 2 bridgehead atoms. The highest BCUT2D eigenvalue weighted by molar-refractivity contribution is 7.99. The van der Waals surface area contributed by atoms with Gasteiger partial charge >= 0.3 is 14.0 Å². The molecule has 0 fully saturated rings.